The number of nitrogens with zero attached hydrogens (tertiary/aromatic N) is 3. The van der Waals surface area contributed by atoms with Crippen LogP contribution in [0.3, 0.4) is 0 Å². The minimum absolute atomic E-state index is 0. The number of thioether (sulfide) groups is 1. The molecule has 144 valence electrons. The van der Waals surface area contributed by atoms with Crippen LogP contribution in [-0.4, -0.2) is 39.8 Å². The monoisotopic (exact) mass is 487 g/mol. The maximum atomic E-state index is 4.75. The Hall–Kier alpha value is -1.22. The smallest absolute Gasteiger partial charge is 0.191 e. The minimum atomic E-state index is 0. The molecule has 0 spiro atoms. The largest absolute Gasteiger partial charge is 0.357 e. The van der Waals surface area contributed by atoms with Gasteiger partial charge in [0.15, 0.2) is 5.96 Å². The van der Waals surface area contributed by atoms with Crippen molar-refractivity contribution < 1.29 is 0 Å². The van der Waals surface area contributed by atoms with Gasteiger partial charge in [-0.3, -0.25) is 4.99 Å². The fourth-order valence-electron chi connectivity index (χ4n) is 2.30. The zero-order valence-corrected chi connectivity index (χ0v) is 19.3. The van der Waals surface area contributed by atoms with Crippen LogP contribution in [0.5, 0.6) is 0 Å². The van der Waals surface area contributed by atoms with Gasteiger partial charge in [-0.2, -0.15) is 16.9 Å². The molecule has 7 heteroatoms. The van der Waals surface area contributed by atoms with Gasteiger partial charge in [-0.1, -0.05) is 12.1 Å². The summed E-state index contributed by atoms with van der Waals surface area (Å²) in [5.74, 6) is 0.849. The Morgan fingerprint density at radius 3 is 2.73 bits per heavy atom. The third-order valence-electron chi connectivity index (χ3n) is 4.01. The third-order valence-corrected chi connectivity index (χ3v) is 5.24. The van der Waals surface area contributed by atoms with Crippen molar-refractivity contribution in [3.8, 4) is 5.69 Å². The Labute approximate surface area is 178 Å². The lowest BCUT2D eigenvalue weighted by molar-refractivity contribution is 0.669. The molecule has 1 unspecified atom stereocenters. The van der Waals surface area contributed by atoms with Crippen LogP contribution >= 0.6 is 35.7 Å². The molecule has 2 rings (SSSR count). The maximum Gasteiger partial charge on any atom is 0.191 e. The van der Waals surface area contributed by atoms with Gasteiger partial charge in [-0.15, -0.1) is 24.0 Å². The molecule has 0 saturated carbocycles. The van der Waals surface area contributed by atoms with E-state index in [-0.39, 0.29) is 34.8 Å². The zero-order chi connectivity index (χ0) is 18.3. The van der Waals surface area contributed by atoms with E-state index in [1.807, 2.05) is 28.7 Å². The normalized spacial score (nSPS) is 13.0. The van der Waals surface area contributed by atoms with Gasteiger partial charge in [-0.25, -0.2) is 4.68 Å². The van der Waals surface area contributed by atoms with Gasteiger partial charge in [0.25, 0.3) is 0 Å². The first kappa shape index (κ1) is 22.8. The SMILES string of the molecule is CCNC(=NCC(C)(C)SC)NC(C)c1cccc(-n2cccn2)c1.I. The van der Waals surface area contributed by atoms with Crippen molar-refractivity contribution in [3.05, 3.63) is 48.3 Å². The Bertz CT molecular complexity index is 685. The van der Waals surface area contributed by atoms with Crippen LogP contribution in [0.2, 0.25) is 0 Å². The number of halogens is 1. The fourth-order valence-corrected chi connectivity index (χ4v) is 2.49. The van der Waals surface area contributed by atoms with Crippen molar-refractivity contribution >= 4 is 41.7 Å². The molecule has 0 aliphatic carbocycles. The fraction of sp³-hybridized carbons (Fsp3) is 0.474. The summed E-state index contributed by atoms with van der Waals surface area (Å²) in [5.41, 5.74) is 2.25. The lowest BCUT2D eigenvalue weighted by Gasteiger charge is -2.22. The van der Waals surface area contributed by atoms with Gasteiger partial charge in [0.2, 0.25) is 0 Å². The highest BCUT2D eigenvalue weighted by Crippen LogP contribution is 2.21. The summed E-state index contributed by atoms with van der Waals surface area (Å²) >= 11 is 1.83. The van der Waals surface area contributed by atoms with Gasteiger partial charge in [0.1, 0.15) is 0 Å². The van der Waals surface area contributed by atoms with E-state index in [2.05, 4.69) is 73.9 Å². The molecule has 1 atom stereocenters. The minimum Gasteiger partial charge on any atom is -0.357 e. The number of benzene rings is 1. The molecule has 0 radical (unpaired) electrons. The first-order valence-electron chi connectivity index (χ1n) is 8.65. The molecule has 2 aromatic rings. The molecule has 0 aliphatic heterocycles. The molecule has 5 nitrogen and oxygen atoms in total. The quantitative estimate of drug-likeness (QED) is 0.349. The molecule has 0 saturated heterocycles. The van der Waals surface area contributed by atoms with Crippen LogP contribution in [0.1, 0.15) is 39.3 Å². The maximum absolute atomic E-state index is 4.75. The summed E-state index contributed by atoms with van der Waals surface area (Å²) < 4.78 is 2.00. The van der Waals surface area contributed by atoms with Crippen LogP contribution in [-0.2, 0) is 0 Å². The van der Waals surface area contributed by atoms with E-state index < -0.39 is 0 Å². The third kappa shape index (κ3) is 6.83. The molecular formula is C19H30IN5S. The van der Waals surface area contributed by atoms with Gasteiger partial charge in [0.05, 0.1) is 18.3 Å². The number of hydrogen-bond acceptors (Lipinski definition) is 3. The zero-order valence-electron chi connectivity index (χ0n) is 16.2. The summed E-state index contributed by atoms with van der Waals surface area (Å²) in [4.78, 5) is 4.75. The van der Waals surface area contributed by atoms with Gasteiger partial charge >= 0.3 is 0 Å². The Balaban J connectivity index is 0.00000338. The van der Waals surface area contributed by atoms with Gasteiger partial charge in [0, 0.05) is 23.7 Å². The van der Waals surface area contributed by atoms with E-state index >= 15 is 0 Å². The first-order valence-corrected chi connectivity index (χ1v) is 9.87. The van der Waals surface area contributed by atoms with Gasteiger partial charge in [-0.05, 0) is 57.7 Å². The summed E-state index contributed by atoms with van der Waals surface area (Å²) in [6.07, 6.45) is 5.87. The number of rotatable bonds is 7. The number of hydrogen-bond donors (Lipinski definition) is 2. The van der Waals surface area contributed by atoms with Crippen molar-refractivity contribution in [2.75, 3.05) is 19.3 Å². The number of aromatic nitrogens is 2. The second-order valence-corrected chi connectivity index (χ2v) is 8.08. The van der Waals surface area contributed by atoms with Crippen LogP contribution in [0, 0.1) is 0 Å². The first-order chi connectivity index (χ1) is 11.9. The predicted octanol–water partition coefficient (Wildman–Crippen LogP) is 4.25. The lowest BCUT2D eigenvalue weighted by atomic mass is 10.1. The van der Waals surface area contributed by atoms with Crippen LogP contribution < -0.4 is 10.6 Å². The highest BCUT2D eigenvalue weighted by Gasteiger charge is 2.16. The van der Waals surface area contributed by atoms with Crippen molar-refractivity contribution in [3.63, 3.8) is 0 Å². The standard InChI is InChI=1S/C19H29N5S.HI/c1-6-20-18(21-14-19(3,4)25-5)23-15(2)16-9-7-10-17(13-16)24-12-8-11-22-24;/h7-13,15H,6,14H2,1-5H3,(H2,20,21,23);1H. The number of aliphatic imine (C=N–C) groups is 1. The van der Waals surface area contributed by atoms with Crippen molar-refractivity contribution in [2.45, 2.75) is 38.5 Å². The predicted molar refractivity (Wildman–Crippen MR) is 124 cm³/mol. The highest BCUT2D eigenvalue weighted by atomic mass is 127. The Morgan fingerprint density at radius 2 is 2.12 bits per heavy atom. The van der Waals surface area contributed by atoms with E-state index in [0.717, 1.165) is 24.7 Å². The number of nitrogens with one attached hydrogen (secondary N) is 2. The Morgan fingerprint density at radius 1 is 1.35 bits per heavy atom. The molecule has 0 bridgehead atoms. The molecule has 1 heterocycles. The molecule has 0 amide bonds. The molecule has 26 heavy (non-hydrogen) atoms. The second-order valence-electron chi connectivity index (χ2n) is 6.57. The van der Waals surface area contributed by atoms with E-state index in [9.17, 15) is 0 Å². The number of guanidine groups is 1. The average Bonchev–Trinajstić information content (AvgIpc) is 3.15. The Kier molecular flexibility index (Phi) is 9.49. The average molecular weight is 487 g/mol. The molecular weight excluding hydrogens is 457 g/mol. The van der Waals surface area contributed by atoms with Crippen LogP contribution in [0.25, 0.3) is 5.69 Å². The van der Waals surface area contributed by atoms with Gasteiger partial charge < -0.3 is 10.6 Å². The second kappa shape index (κ2) is 10.8. The molecule has 2 N–H and O–H groups in total. The van der Waals surface area contributed by atoms with E-state index in [1.54, 1.807) is 6.20 Å². The van der Waals surface area contributed by atoms with Crippen LogP contribution in [0.15, 0.2) is 47.7 Å². The highest BCUT2D eigenvalue weighted by molar-refractivity contribution is 14.0. The lowest BCUT2D eigenvalue weighted by Crippen LogP contribution is -2.39. The summed E-state index contributed by atoms with van der Waals surface area (Å²) in [6.45, 7) is 10.3. The summed E-state index contributed by atoms with van der Waals surface area (Å²) in [7, 11) is 0. The van der Waals surface area contributed by atoms with Crippen molar-refractivity contribution in [1.29, 1.82) is 0 Å². The molecule has 0 fully saturated rings. The van der Waals surface area contributed by atoms with E-state index in [4.69, 9.17) is 4.99 Å². The van der Waals surface area contributed by atoms with E-state index in [1.165, 1.54) is 5.56 Å². The van der Waals surface area contributed by atoms with Crippen molar-refractivity contribution in [1.82, 2.24) is 20.4 Å². The topological polar surface area (TPSA) is 54.2 Å². The molecule has 1 aromatic heterocycles. The van der Waals surface area contributed by atoms with E-state index in [0.29, 0.717) is 0 Å². The van der Waals surface area contributed by atoms with Crippen LogP contribution in [0.4, 0.5) is 0 Å². The molecule has 1 aromatic carbocycles. The summed E-state index contributed by atoms with van der Waals surface area (Å²) in [5, 5.41) is 11.1. The van der Waals surface area contributed by atoms with Crippen molar-refractivity contribution in [2.24, 2.45) is 4.99 Å². The molecule has 0 aliphatic rings. The summed E-state index contributed by atoms with van der Waals surface area (Å²) in [6, 6.07) is 10.5.